The number of aliphatic hydroxyl groups excluding tert-OH is 1. The Morgan fingerprint density at radius 2 is 2.27 bits per heavy atom. The maximum absolute atomic E-state index is 9.75. The molecule has 0 bridgehead atoms. The molecule has 15 heavy (non-hydrogen) atoms. The van der Waals surface area contributed by atoms with Gasteiger partial charge < -0.3 is 15.6 Å². The van der Waals surface area contributed by atoms with E-state index in [0.717, 1.165) is 11.3 Å². The van der Waals surface area contributed by atoms with E-state index in [2.05, 4.69) is 12.6 Å². The summed E-state index contributed by atoms with van der Waals surface area (Å²) >= 11 is 4.06. The number of thiol groups is 1. The van der Waals surface area contributed by atoms with Crippen LogP contribution in [0.1, 0.15) is 18.6 Å². The van der Waals surface area contributed by atoms with Gasteiger partial charge in [0.05, 0.1) is 12.7 Å². The van der Waals surface area contributed by atoms with E-state index in [1.807, 2.05) is 18.2 Å². The minimum atomic E-state index is -0.649. The van der Waals surface area contributed by atoms with Crippen LogP contribution in [0.5, 0.6) is 5.75 Å². The number of hydrogen-bond donors (Lipinski definition) is 3. The average molecular weight is 227 g/mol. The second kappa shape index (κ2) is 6.00. The second-order valence-corrected chi connectivity index (χ2v) is 3.90. The van der Waals surface area contributed by atoms with E-state index in [0.29, 0.717) is 12.4 Å². The molecule has 0 aliphatic heterocycles. The molecule has 0 spiro atoms. The summed E-state index contributed by atoms with van der Waals surface area (Å²) in [5.74, 6) is 1.40. The zero-order valence-corrected chi connectivity index (χ0v) is 9.65. The molecule has 0 aliphatic carbocycles. The molecular weight excluding hydrogens is 210 g/mol. The molecule has 3 nitrogen and oxygen atoms in total. The number of hydrogen-bond acceptors (Lipinski definition) is 4. The SMILES string of the molecule is CC(N)C(O)c1cccc(OCCS)c1. The first kappa shape index (κ1) is 12.4. The third kappa shape index (κ3) is 3.74. The molecule has 0 aliphatic rings. The van der Waals surface area contributed by atoms with E-state index >= 15 is 0 Å². The van der Waals surface area contributed by atoms with Gasteiger partial charge in [-0.1, -0.05) is 12.1 Å². The first-order valence-electron chi connectivity index (χ1n) is 4.92. The van der Waals surface area contributed by atoms with Gasteiger partial charge in [-0.2, -0.15) is 12.6 Å². The van der Waals surface area contributed by atoms with E-state index in [1.165, 1.54) is 0 Å². The van der Waals surface area contributed by atoms with Crippen molar-refractivity contribution in [2.45, 2.75) is 19.1 Å². The number of rotatable bonds is 5. The van der Waals surface area contributed by atoms with Gasteiger partial charge in [-0.3, -0.25) is 0 Å². The van der Waals surface area contributed by atoms with Crippen LogP contribution in [0.4, 0.5) is 0 Å². The third-order valence-corrected chi connectivity index (χ3v) is 2.24. The largest absolute Gasteiger partial charge is 0.493 e. The van der Waals surface area contributed by atoms with Crippen LogP contribution in [0.15, 0.2) is 24.3 Å². The van der Waals surface area contributed by atoms with Gasteiger partial charge in [0.25, 0.3) is 0 Å². The number of nitrogens with two attached hydrogens (primary N) is 1. The summed E-state index contributed by atoms with van der Waals surface area (Å²) in [6.45, 7) is 2.33. The molecule has 1 aromatic carbocycles. The van der Waals surface area contributed by atoms with Gasteiger partial charge >= 0.3 is 0 Å². The summed E-state index contributed by atoms with van der Waals surface area (Å²) in [5, 5.41) is 9.75. The Balaban J connectivity index is 2.73. The van der Waals surface area contributed by atoms with Crippen molar-refractivity contribution in [1.82, 2.24) is 0 Å². The molecule has 0 saturated heterocycles. The van der Waals surface area contributed by atoms with Crippen LogP contribution in [-0.2, 0) is 0 Å². The van der Waals surface area contributed by atoms with Gasteiger partial charge in [0.1, 0.15) is 5.75 Å². The lowest BCUT2D eigenvalue weighted by molar-refractivity contribution is 0.153. The molecular formula is C11H17NO2S. The first-order valence-corrected chi connectivity index (χ1v) is 5.55. The molecule has 0 amide bonds. The van der Waals surface area contributed by atoms with Gasteiger partial charge in [-0.15, -0.1) is 0 Å². The molecule has 0 heterocycles. The van der Waals surface area contributed by atoms with Crippen molar-refractivity contribution in [2.75, 3.05) is 12.4 Å². The summed E-state index contributed by atoms with van der Waals surface area (Å²) in [6.07, 6.45) is -0.649. The molecule has 0 saturated carbocycles. The topological polar surface area (TPSA) is 55.5 Å². The Morgan fingerprint density at radius 1 is 1.53 bits per heavy atom. The van der Waals surface area contributed by atoms with Gasteiger partial charge in [0.2, 0.25) is 0 Å². The molecule has 4 heteroatoms. The smallest absolute Gasteiger partial charge is 0.119 e. The van der Waals surface area contributed by atoms with Crippen LogP contribution in [-0.4, -0.2) is 23.5 Å². The van der Waals surface area contributed by atoms with Gasteiger partial charge in [0.15, 0.2) is 0 Å². The fourth-order valence-electron chi connectivity index (χ4n) is 1.26. The van der Waals surface area contributed by atoms with Crippen molar-refractivity contribution in [3.8, 4) is 5.75 Å². The van der Waals surface area contributed by atoms with E-state index < -0.39 is 6.10 Å². The van der Waals surface area contributed by atoms with E-state index in [9.17, 15) is 5.11 Å². The van der Waals surface area contributed by atoms with Crippen molar-refractivity contribution >= 4 is 12.6 Å². The predicted octanol–water partition coefficient (Wildman–Crippen LogP) is 1.38. The zero-order valence-electron chi connectivity index (χ0n) is 8.76. The van der Waals surface area contributed by atoms with Crippen molar-refractivity contribution in [2.24, 2.45) is 5.73 Å². The predicted molar refractivity (Wildman–Crippen MR) is 64.4 cm³/mol. The highest BCUT2D eigenvalue weighted by Gasteiger charge is 2.12. The number of benzene rings is 1. The monoisotopic (exact) mass is 227 g/mol. The zero-order chi connectivity index (χ0) is 11.3. The highest BCUT2D eigenvalue weighted by atomic mass is 32.1. The molecule has 1 aromatic rings. The summed E-state index contributed by atoms with van der Waals surface area (Å²) in [7, 11) is 0. The number of aliphatic hydroxyl groups is 1. The van der Waals surface area contributed by atoms with E-state index in [1.54, 1.807) is 13.0 Å². The van der Waals surface area contributed by atoms with Crippen LogP contribution in [0.25, 0.3) is 0 Å². The number of ether oxygens (including phenoxy) is 1. The molecule has 84 valence electrons. The van der Waals surface area contributed by atoms with Crippen LogP contribution in [0, 0.1) is 0 Å². The quantitative estimate of drug-likeness (QED) is 0.666. The fraction of sp³-hybridized carbons (Fsp3) is 0.455. The van der Waals surface area contributed by atoms with Gasteiger partial charge in [-0.25, -0.2) is 0 Å². The van der Waals surface area contributed by atoms with E-state index in [-0.39, 0.29) is 6.04 Å². The second-order valence-electron chi connectivity index (χ2n) is 3.45. The first-order chi connectivity index (χ1) is 7.15. The highest BCUT2D eigenvalue weighted by Crippen LogP contribution is 2.20. The lowest BCUT2D eigenvalue weighted by Gasteiger charge is -2.15. The Bertz CT molecular complexity index is 304. The van der Waals surface area contributed by atoms with Crippen molar-refractivity contribution < 1.29 is 9.84 Å². The molecule has 1 rings (SSSR count). The van der Waals surface area contributed by atoms with Crippen molar-refractivity contribution in [1.29, 1.82) is 0 Å². The lowest BCUT2D eigenvalue weighted by atomic mass is 10.0. The normalized spacial score (nSPS) is 14.7. The maximum Gasteiger partial charge on any atom is 0.119 e. The standard InChI is InChI=1S/C11H17NO2S/c1-8(12)11(13)9-3-2-4-10(7-9)14-5-6-15/h2-4,7-8,11,13,15H,5-6,12H2,1H3. The van der Waals surface area contributed by atoms with Crippen LogP contribution >= 0.6 is 12.6 Å². The molecule has 2 unspecified atom stereocenters. The Kier molecular flexibility index (Phi) is 4.94. The van der Waals surface area contributed by atoms with Gasteiger partial charge in [-0.05, 0) is 24.6 Å². The molecule has 2 atom stereocenters. The summed E-state index contributed by atoms with van der Waals surface area (Å²) in [6, 6.07) is 7.04. The van der Waals surface area contributed by atoms with Crippen LogP contribution < -0.4 is 10.5 Å². The maximum atomic E-state index is 9.75. The Labute approximate surface area is 95.7 Å². The Morgan fingerprint density at radius 3 is 2.87 bits per heavy atom. The van der Waals surface area contributed by atoms with Crippen molar-refractivity contribution in [3.63, 3.8) is 0 Å². The molecule has 0 aromatic heterocycles. The molecule has 0 fully saturated rings. The van der Waals surface area contributed by atoms with E-state index in [4.69, 9.17) is 10.5 Å². The van der Waals surface area contributed by atoms with Crippen LogP contribution in [0.2, 0.25) is 0 Å². The summed E-state index contributed by atoms with van der Waals surface area (Å²) in [5.41, 5.74) is 6.39. The average Bonchev–Trinajstić information content (AvgIpc) is 2.25. The Hall–Kier alpha value is -0.710. The minimum absolute atomic E-state index is 0.287. The van der Waals surface area contributed by atoms with Crippen LogP contribution in [0.3, 0.4) is 0 Å². The van der Waals surface area contributed by atoms with Crippen molar-refractivity contribution in [3.05, 3.63) is 29.8 Å². The van der Waals surface area contributed by atoms with Gasteiger partial charge in [0, 0.05) is 11.8 Å². The fourth-order valence-corrected chi connectivity index (χ4v) is 1.35. The minimum Gasteiger partial charge on any atom is -0.493 e. The summed E-state index contributed by atoms with van der Waals surface area (Å²) < 4.78 is 5.40. The summed E-state index contributed by atoms with van der Waals surface area (Å²) in [4.78, 5) is 0. The molecule has 3 N–H and O–H groups in total. The third-order valence-electron chi connectivity index (χ3n) is 2.06. The molecule has 0 radical (unpaired) electrons. The lowest BCUT2D eigenvalue weighted by Crippen LogP contribution is -2.24. The highest BCUT2D eigenvalue weighted by molar-refractivity contribution is 7.80.